The summed E-state index contributed by atoms with van der Waals surface area (Å²) in [4.78, 5) is 21.0. The molecule has 136 valence electrons. The number of allylic oxidation sites excluding steroid dienone is 1. The Kier molecular flexibility index (Phi) is 6.00. The summed E-state index contributed by atoms with van der Waals surface area (Å²) in [5.41, 5.74) is 5.05. The van der Waals surface area contributed by atoms with Crippen molar-refractivity contribution in [1.29, 1.82) is 0 Å². The van der Waals surface area contributed by atoms with Crippen LogP contribution in [-0.4, -0.2) is 22.4 Å². The normalized spacial score (nSPS) is 13.8. The quantitative estimate of drug-likeness (QED) is 0.755. The van der Waals surface area contributed by atoms with E-state index in [-0.39, 0.29) is 5.91 Å². The zero-order valence-corrected chi connectivity index (χ0v) is 15.5. The number of anilines is 2. The molecule has 26 heavy (non-hydrogen) atoms. The largest absolute Gasteiger partial charge is 0.350 e. The van der Waals surface area contributed by atoms with Gasteiger partial charge in [-0.15, -0.1) is 0 Å². The highest BCUT2D eigenvalue weighted by Gasteiger charge is 2.11. The standard InChI is InChI=1S/C21H26N4O/c1-15-7-6-8-16(2)19(15)25-21-23-14-12-18(24-21)20(26)22-13-11-17-9-4-3-5-10-17/h6-9,12,14H,3-5,10-11,13H2,1-2H3,(H,22,26)(H,23,24,25). The first kappa shape index (κ1) is 18.1. The number of carbonyl (C=O) groups excluding carboxylic acids is 1. The van der Waals surface area contributed by atoms with Crippen molar-refractivity contribution in [2.45, 2.75) is 46.0 Å². The van der Waals surface area contributed by atoms with E-state index in [0.29, 0.717) is 18.2 Å². The van der Waals surface area contributed by atoms with Crippen molar-refractivity contribution in [3.8, 4) is 0 Å². The lowest BCUT2D eigenvalue weighted by atomic mass is 9.97. The molecular weight excluding hydrogens is 324 g/mol. The summed E-state index contributed by atoms with van der Waals surface area (Å²) in [6.07, 6.45) is 9.72. The Morgan fingerprint density at radius 3 is 2.69 bits per heavy atom. The lowest BCUT2D eigenvalue weighted by Crippen LogP contribution is -2.26. The molecule has 1 aliphatic rings. The second-order valence-electron chi connectivity index (χ2n) is 6.77. The average molecular weight is 350 g/mol. The van der Waals surface area contributed by atoms with Crippen molar-refractivity contribution in [3.63, 3.8) is 0 Å². The van der Waals surface area contributed by atoms with E-state index in [1.807, 2.05) is 32.0 Å². The number of amides is 1. The van der Waals surface area contributed by atoms with E-state index < -0.39 is 0 Å². The van der Waals surface area contributed by atoms with Gasteiger partial charge >= 0.3 is 0 Å². The van der Waals surface area contributed by atoms with Crippen molar-refractivity contribution in [3.05, 3.63) is 58.9 Å². The van der Waals surface area contributed by atoms with Crippen molar-refractivity contribution < 1.29 is 4.79 Å². The zero-order chi connectivity index (χ0) is 18.4. The van der Waals surface area contributed by atoms with E-state index in [1.165, 1.54) is 24.8 Å². The molecule has 2 aromatic rings. The molecule has 0 spiro atoms. The Morgan fingerprint density at radius 1 is 1.15 bits per heavy atom. The van der Waals surface area contributed by atoms with Gasteiger partial charge in [-0.1, -0.05) is 29.8 Å². The van der Waals surface area contributed by atoms with Gasteiger partial charge in [0.15, 0.2) is 0 Å². The zero-order valence-electron chi connectivity index (χ0n) is 15.5. The maximum Gasteiger partial charge on any atom is 0.270 e. The van der Waals surface area contributed by atoms with Crippen molar-refractivity contribution >= 4 is 17.5 Å². The minimum atomic E-state index is -0.159. The number of aryl methyl sites for hydroxylation is 2. The fourth-order valence-electron chi connectivity index (χ4n) is 3.23. The predicted octanol–water partition coefficient (Wildman–Crippen LogP) is 4.46. The number of rotatable bonds is 6. The van der Waals surface area contributed by atoms with Crippen molar-refractivity contribution in [2.75, 3.05) is 11.9 Å². The van der Waals surface area contributed by atoms with Gasteiger partial charge in [0.1, 0.15) is 5.69 Å². The second-order valence-corrected chi connectivity index (χ2v) is 6.77. The van der Waals surface area contributed by atoms with Gasteiger partial charge in [-0.25, -0.2) is 9.97 Å². The van der Waals surface area contributed by atoms with E-state index in [2.05, 4.69) is 26.7 Å². The van der Waals surface area contributed by atoms with Crippen LogP contribution >= 0.6 is 0 Å². The number of carbonyl (C=O) groups is 1. The highest BCUT2D eigenvalue weighted by Crippen LogP contribution is 2.22. The van der Waals surface area contributed by atoms with Gasteiger partial charge in [-0.05, 0) is 63.1 Å². The number of nitrogens with zero attached hydrogens (tertiary/aromatic N) is 2. The van der Waals surface area contributed by atoms with Crippen LogP contribution < -0.4 is 10.6 Å². The van der Waals surface area contributed by atoms with Crippen LogP contribution in [-0.2, 0) is 0 Å². The van der Waals surface area contributed by atoms with Crippen molar-refractivity contribution in [1.82, 2.24) is 15.3 Å². The van der Waals surface area contributed by atoms with E-state index in [4.69, 9.17) is 0 Å². The molecule has 0 aliphatic heterocycles. The Hall–Kier alpha value is -2.69. The molecule has 0 bridgehead atoms. The molecule has 0 unspecified atom stereocenters. The second kappa shape index (κ2) is 8.61. The number of aromatic nitrogens is 2. The van der Waals surface area contributed by atoms with Gasteiger partial charge < -0.3 is 10.6 Å². The third kappa shape index (κ3) is 4.69. The topological polar surface area (TPSA) is 66.9 Å². The summed E-state index contributed by atoms with van der Waals surface area (Å²) in [5.74, 6) is 0.276. The smallest absolute Gasteiger partial charge is 0.270 e. The SMILES string of the molecule is Cc1cccc(C)c1Nc1nccc(C(=O)NCCC2=CCCCC2)n1. The van der Waals surface area contributed by atoms with Crippen LogP contribution in [0.1, 0.15) is 53.7 Å². The van der Waals surface area contributed by atoms with E-state index in [9.17, 15) is 4.79 Å². The Bertz CT molecular complexity index is 793. The summed E-state index contributed by atoms with van der Waals surface area (Å²) in [6, 6.07) is 7.73. The van der Waals surface area contributed by atoms with Crippen LogP contribution in [0.25, 0.3) is 0 Å². The van der Waals surface area contributed by atoms with Gasteiger partial charge in [0.05, 0.1) is 0 Å². The monoisotopic (exact) mass is 350 g/mol. The van der Waals surface area contributed by atoms with Crippen LogP contribution in [0.3, 0.4) is 0 Å². The fraction of sp³-hybridized carbons (Fsp3) is 0.381. The molecule has 1 aromatic heterocycles. The van der Waals surface area contributed by atoms with Crippen molar-refractivity contribution in [2.24, 2.45) is 0 Å². The molecular formula is C21H26N4O. The van der Waals surface area contributed by atoms with Crippen LogP contribution in [0.2, 0.25) is 0 Å². The molecule has 1 aromatic carbocycles. The summed E-state index contributed by atoms with van der Waals surface area (Å²) in [5, 5.41) is 6.19. The summed E-state index contributed by atoms with van der Waals surface area (Å²) >= 11 is 0. The number of hydrogen-bond acceptors (Lipinski definition) is 4. The fourth-order valence-corrected chi connectivity index (χ4v) is 3.23. The summed E-state index contributed by atoms with van der Waals surface area (Å²) in [7, 11) is 0. The van der Waals surface area contributed by atoms with Crippen LogP contribution in [0.5, 0.6) is 0 Å². The highest BCUT2D eigenvalue weighted by atomic mass is 16.1. The number of nitrogens with one attached hydrogen (secondary N) is 2. The van der Waals surface area contributed by atoms with E-state index >= 15 is 0 Å². The third-order valence-electron chi connectivity index (χ3n) is 4.72. The average Bonchev–Trinajstić information content (AvgIpc) is 2.66. The summed E-state index contributed by atoms with van der Waals surface area (Å²) < 4.78 is 0. The molecule has 1 heterocycles. The number of para-hydroxylation sites is 1. The number of benzene rings is 1. The minimum absolute atomic E-state index is 0.159. The molecule has 1 aliphatic carbocycles. The molecule has 0 saturated heterocycles. The minimum Gasteiger partial charge on any atom is -0.350 e. The molecule has 0 atom stereocenters. The van der Waals surface area contributed by atoms with Gasteiger partial charge in [0.2, 0.25) is 5.95 Å². The molecule has 3 rings (SSSR count). The predicted molar refractivity (Wildman–Crippen MR) is 105 cm³/mol. The first-order valence-electron chi connectivity index (χ1n) is 9.26. The Balaban J connectivity index is 1.61. The third-order valence-corrected chi connectivity index (χ3v) is 4.72. The lowest BCUT2D eigenvalue weighted by molar-refractivity contribution is 0.0949. The van der Waals surface area contributed by atoms with Crippen LogP contribution in [0.15, 0.2) is 42.1 Å². The highest BCUT2D eigenvalue weighted by molar-refractivity contribution is 5.92. The van der Waals surface area contributed by atoms with E-state index in [1.54, 1.807) is 12.3 Å². The maximum absolute atomic E-state index is 12.4. The van der Waals surface area contributed by atoms with Gasteiger partial charge in [0.25, 0.3) is 5.91 Å². The molecule has 0 fully saturated rings. The van der Waals surface area contributed by atoms with Crippen LogP contribution in [0.4, 0.5) is 11.6 Å². The molecule has 2 N–H and O–H groups in total. The first-order valence-corrected chi connectivity index (χ1v) is 9.26. The Labute approximate surface area is 155 Å². The molecule has 5 heteroatoms. The molecule has 0 radical (unpaired) electrons. The molecule has 5 nitrogen and oxygen atoms in total. The maximum atomic E-state index is 12.4. The van der Waals surface area contributed by atoms with Crippen LogP contribution in [0, 0.1) is 13.8 Å². The molecule has 1 amide bonds. The molecule has 0 saturated carbocycles. The number of hydrogen-bond donors (Lipinski definition) is 2. The van der Waals surface area contributed by atoms with Gasteiger partial charge in [0, 0.05) is 18.4 Å². The Morgan fingerprint density at radius 2 is 1.96 bits per heavy atom. The lowest BCUT2D eigenvalue weighted by Gasteiger charge is -2.13. The summed E-state index contributed by atoms with van der Waals surface area (Å²) in [6.45, 7) is 4.71. The first-order chi connectivity index (χ1) is 12.6. The van der Waals surface area contributed by atoms with Gasteiger partial charge in [-0.2, -0.15) is 0 Å². The van der Waals surface area contributed by atoms with E-state index in [0.717, 1.165) is 29.7 Å². The van der Waals surface area contributed by atoms with Gasteiger partial charge in [-0.3, -0.25) is 4.79 Å².